The highest BCUT2D eigenvalue weighted by Crippen LogP contribution is 2.20. The van der Waals surface area contributed by atoms with Crippen molar-refractivity contribution in [1.82, 2.24) is 15.1 Å². The summed E-state index contributed by atoms with van der Waals surface area (Å²) in [6, 6.07) is -0.434. The van der Waals surface area contributed by atoms with Gasteiger partial charge in [0.25, 0.3) is 0 Å². The van der Waals surface area contributed by atoms with Crippen LogP contribution in [-0.2, 0) is 16.6 Å². The number of aromatic nitrogens is 2. The molecule has 0 bridgehead atoms. The van der Waals surface area contributed by atoms with Crippen LogP contribution in [-0.4, -0.2) is 34.2 Å². The molecule has 2 atom stereocenters. The number of hydrogen-bond donors (Lipinski definition) is 1. The second kappa shape index (κ2) is 4.80. The minimum atomic E-state index is -0.434. The maximum atomic E-state index is 12.4. The molecule has 1 aliphatic heterocycles. The lowest BCUT2D eigenvalue weighted by Crippen LogP contribution is -2.60. The molecule has 0 aromatic carbocycles. The van der Waals surface area contributed by atoms with Crippen LogP contribution < -0.4 is 10.2 Å². The van der Waals surface area contributed by atoms with Crippen LogP contribution >= 0.6 is 0 Å². The first-order chi connectivity index (χ1) is 8.52. The van der Waals surface area contributed by atoms with E-state index < -0.39 is 6.04 Å². The third-order valence-corrected chi connectivity index (χ3v) is 3.37. The first-order valence-electron chi connectivity index (χ1n) is 6.12. The van der Waals surface area contributed by atoms with Crippen LogP contribution in [0.25, 0.3) is 0 Å². The third-order valence-electron chi connectivity index (χ3n) is 3.37. The molecule has 1 N–H and O–H groups in total. The van der Waals surface area contributed by atoms with E-state index >= 15 is 0 Å². The summed E-state index contributed by atoms with van der Waals surface area (Å²) in [6.45, 7) is 4.04. The fraction of sp³-hybridized carbons (Fsp3) is 0.583. The van der Waals surface area contributed by atoms with Crippen LogP contribution in [0.5, 0.6) is 0 Å². The summed E-state index contributed by atoms with van der Waals surface area (Å²) in [4.78, 5) is 25.6. The van der Waals surface area contributed by atoms with Gasteiger partial charge in [-0.2, -0.15) is 5.10 Å². The minimum absolute atomic E-state index is 0.0584. The molecule has 1 saturated heterocycles. The largest absolute Gasteiger partial charge is 0.342 e. The third kappa shape index (κ3) is 2.23. The number of carbonyl (C=O) groups is 2. The Morgan fingerprint density at radius 2 is 2.28 bits per heavy atom. The molecule has 2 unspecified atom stereocenters. The standard InChI is InChI=1S/C12H18N4O2/c1-4-8(2)11-12(18)16(7-10(17)14-11)9-5-13-15(3)6-9/h5-6,8,11H,4,7H2,1-3H3,(H,14,17). The molecule has 0 spiro atoms. The van der Waals surface area contributed by atoms with Gasteiger partial charge in [-0.25, -0.2) is 0 Å². The molecule has 18 heavy (non-hydrogen) atoms. The first-order valence-corrected chi connectivity index (χ1v) is 6.12. The quantitative estimate of drug-likeness (QED) is 0.839. The minimum Gasteiger partial charge on any atom is -0.342 e. The lowest BCUT2D eigenvalue weighted by Gasteiger charge is -2.34. The molecule has 2 amide bonds. The van der Waals surface area contributed by atoms with Gasteiger partial charge in [-0.3, -0.25) is 19.2 Å². The second-order valence-electron chi connectivity index (χ2n) is 4.73. The van der Waals surface area contributed by atoms with E-state index in [0.29, 0.717) is 5.69 Å². The molecule has 2 rings (SSSR count). The van der Waals surface area contributed by atoms with Gasteiger partial charge in [-0.1, -0.05) is 20.3 Å². The first kappa shape index (κ1) is 12.6. The summed E-state index contributed by atoms with van der Waals surface area (Å²) in [6.07, 6.45) is 4.19. The van der Waals surface area contributed by atoms with E-state index in [-0.39, 0.29) is 24.3 Å². The van der Waals surface area contributed by atoms with Crippen LogP contribution in [0, 0.1) is 5.92 Å². The van der Waals surface area contributed by atoms with Crippen LogP contribution in [0.3, 0.4) is 0 Å². The maximum Gasteiger partial charge on any atom is 0.250 e. The van der Waals surface area contributed by atoms with Gasteiger partial charge in [-0.05, 0) is 5.92 Å². The van der Waals surface area contributed by atoms with E-state index in [0.717, 1.165) is 6.42 Å². The van der Waals surface area contributed by atoms with Gasteiger partial charge in [0.1, 0.15) is 12.6 Å². The Morgan fingerprint density at radius 1 is 1.56 bits per heavy atom. The van der Waals surface area contributed by atoms with Crippen molar-refractivity contribution in [2.75, 3.05) is 11.4 Å². The van der Waals surface area contributed by atoms with Gasteiger partial charge in [0.05, 0.1) is 11.9 Å². The zero-order chi connectivity index (χ0) is 13.3. The molecule has 0 radical (unpaired) electrons. The number of piperazine rings is 1. The summed E-state index contributed by atoms with van der Waals surface area (Å²) in [5.41, 5.74) is 0.672. The summed E-state index contributed by atoms with van der Waals surface area (Å²) in [7, 11) is 1.78. The number of aryl methyl sites for hydroxylation is 1. The van der Waals surface area contributed by atoms with Gasteiger partial charge >= 0.3 is 0 Å². The molecule has 1 aromatic rings. The summed E-state index contributed by atoms with van der Waals surface area (Å²) in [5, 5.41) is 6.80. The van der Waals surface area contributed by atoms with Gasteiger partial charge in [0.2, 0.25) is 11.8 Å². The molecule has 6 heteroatoms. The van der Waals surface area contributed by atoms with Gasteiger partial charge in [0.15, 0.2) is 0 Å². The van der Waals surface area contributed by atoms with Crippen molar-refractivity contribution in [1.29, 1.82) is 0 Å². The predicted octanol–water partition coefficient (Wildman–Crippen LogP) is 0.298. The average Bonchev–Trinajstić information content (AvgIpc) is 2.77. The number of nitrogens with one attached hydrogen (secondary N) is 1. The molecule has 1 fully saturated rings. The molecule has 1 aromatic heterocycles. The highest BCUT2D eigenvalue weighted by molar-refractivity contribution is 6.06. The van der Waals surface area contributed by atoms with Crippen molar-refractivity contribution in [2.24, 2.45) is 13.0 Å². The second-order valence-corrected chi connectivity index (χ2v) is 4.73. The van der Waals surface area contributed by atoms with E-state index in [1.807, 2.05) is 13.8 Å². The number of nitrogens with zero attached hydrogens (tertiary/aromatic N) is 3. The van der Waals surface area contributed by atoms with Crippen molar-refractivity contribution >= 4 is 17.5 Å². The van der Waals surface area contributed by atoms with Crippen LogP contribution in [0.2, 0.25) is 0 Å². The Hall–Kier alpha value is -1.85. The van der Waals surface area contributed by atoms with E-state index in [1.165, 1.54) is 4.90 Å². The fourth-order valence-electron chi connectivity index (χ4n) is 2.06. The van der Waals surface area contributed by atoms with Gasteiger partial charge in [-0.15, -0.1) is 0 Å². The zero-order valence-corrected chi connectivity index (χ0v) is 10.9. The smallest absolute Gasteiger partial charge is 0.250 e. The number of carbonyl (C=O) groups excluding carboxylic acids is 2. The Labute approximate surface area is 106 Å². The topological polar surface area (TPSA) is 67.2 Å². The highest BCUT2D eigenvalue weighted by Gasteiger charge is 2.36. The highest BCUT2D eigenvalue weighted by atomic mass is 16.2. The Morgan fingerprint density at radius 3 is 2.83 bits per heavy atom. The molecule has 98 valence electrons. The van der Waals surface area contributed by atoms with E-state index in [4.69, 9.17) is 0 Å². The van der Waals surface area contributed by atoms with E-state index in [1.54, 1.807) is 24.1 Å². The van der Waals surface area contributed by atoms with Crippen molar-refractivity contribution < 1.29 is 9.59 Å². The lowest BCUT2D eigenvalue weighted by atomic mass is 9.96. The monoisotopic (exact) mass is 250 g/mol. The Kier molecular flexibility index (Phi) is 3.36. The van der Waals surface area contributed by atoms with Crippen molar-refractivity contribution in [3.8, 4) is 0 Å². The van der Waals surface area contributed by atoms with Crippen molar-refractivity contribution in [3.63, 3.8) is 0 Å². The number of hydrogen-bond acceptors (Lipinski definition) is 3. The molecule has 6 nitrogen and oxygen atoms in total. The number of amides is 2. The average molecular weight is 250 g/mol. The SMILES string of the molecule is CCC(C)C1NC(=O)CN(c2cnn(C)c2)C1=O. The van der Waals surface area contributed by atoms with Crippen LogP contribution in [0.4, 0.5) is 5.69 Å². The van der Waals surface area contributed by atoms with Gasteiger partial charge in [0, 0.05) is 13.2 Å². The summed E-state index contributed by atoms with van der Waals surface area (Å²) in [5.74, 6) is -0.0541. The number of anilines is 1. The van der Waals surface area contributed by atoms with Crippen LogP contribution in [0.1, 0.15) is 20.3 Å². The van der Waals surface area contributed by atoms with E-state index in [2.05, 4.69) is 10.4 Å². The van der Waals surface area contributed by atoms with Crippen molar-refractivity contribution in [3.05, 3.63) is 12.4 Å². The van der Waals surface area contributed by atoms with Crippen molar-refractivity contribution in [2.45, 2.75) is 26.3 Å². The van der Waals surface area contributed by atoms with Crippen LogP contribution in [0.15, 0.2) is 12.4 Å². The Bertz CT molecular complexity index is 468. The predicted molar refractivity (Wildman–Crippen MR) is 66.9 cm³/mol. The molecular formula is C12H18N4O2. The fourth-order valence-corrected chi connectivity index (χ4v) is 2.06. The molecule has 1 aliphatic rings. The molecule has 0 saturated carbocycles. The zero-order valence-electron chi connectivity index (χ0n) is 10.9. The normalized spacial score (nSPS) is 21.9. The molecule has 0 aliphatic carbocycles. The lowest BCUT2D eigenvalue weighted by molar-refractivity contribution is -0.132. The van der Waals surface area contributed by atoms with Gasteiger partial charge < -0.3 is 5.32 Å². The molecular weight excluding hydrogens is 232 g/mol. The Balaban J connectivity index is 2.25. The summed E-state index contributed by atoms with van der Waals surface area (Å²) < 4.78 is 1.62. The number of rotatable bonds is 3. The molecule has 2 heterocycles. The maximum absolute atomic E-state index is 12.4. The van der Waals surface area contributed by atoms with E-state index in [9.17, 15) is 9.59 Å². The summed E-state index contributed by atoms with van der Waals surface area (Å²) >= 11 is 0.